The second-order valence-corrected chi connectivity index (χ2v) is 10.5. The zero-order valence-electron chi connectivity index (χ0n) is 18.8. The number of sulfonamides is 1. The summed E-state index contributed by atoms with van der Waals surface area (Å²) in [5, 5.41) is 0. The van der Waals surface area contributed by atoms with Crippen molar-refractivity contribution >= 4 is 27.3 Å². The Balaban J connectivity index is 2.00. The van der Waals surface area contributed by atoms with Gasteiger partial charge in [0.15, 0.2) is 0 Å². The third kappa shape index (κ3) is 5.45. The third-order valence-electron chi connectivity index (χ3n) is 5.04. The molecule has 0 aliphatic heterocycles. The van der Waals surface area contributed by atoms with Gasteiger partial charge in [0.05, 0.1) is 6.26 Å². The number of aromatic nitrogens is 1. The summed E-state index contributed by atoms with van der Waals surface area (Å²) in [4.78, 5) is 29.7. The number of hydrogen-bond acceptors (Lipinski definition) is 4. The topological polar surface area (TPSA) is 99.3 Å². The smallest absolute Gasteiger partial charge is 0.258 e. The Morgan fingerprint density at radius 1 is 1.03 bits per heavy atom. The van der Waals surface area contributed by atoms with Crippen molar-refractivity contribution in [3.05, 3.63) is 82.3 Å². The van der Waals surface area contributed by atoms with E-state index in [9.17, 15) is 18.0 Å². The molecule has 1 heterocycles. The molecular formula is C24H27N3O4S. The first-order valence-electron chi connectivity index (χ1n) is 10.0. The third-order valence-corrected chi connectivity index (χ3v) is 5.65. The van der Waals surface area contributed by atoms with Gasteiger partial charge in [0.2, 0.25) is 10.0 Å². The van der Waals surface area contributed by atoms with E-state index in [1.54, 1.807) is 49.6 Å². The van der Waals surface area contributed by atoms with Crippen LogP contribution >= 0.6 is 0 Å². The molecule has 0 unspecified atom stereocenters. The zero-order chi connectivity index (χ0) is 23.7. The average molecular weight is 454 g/mol. The molecule has 3 aromatic rings. The van der Waals surface area contributed by atoms with Crippen LogP contribution in [-0.4, -0.2) is 32.6 Å². The Kier molecular flexibility index (Phi) is 6.27. The Hall–Kier alpha value is -3.39. The molecule has 3 rings (SSSR count). The number of pyridine rings is 1. The van der Waals surface area contributed by atoms with Crippen LogP contribution < -0.4 is 15.2 Å². The summed E-state index contributed by atoms with van der Waals surface area (Å²) in [5.74, 6) is -0.255. The number of H-pyrrole nitrogens is 1. The van der Waals surface area contributed by atoms with E-state index in [1.807, 2.05) is 18.2 Å². The maximum atomic E-state index is 13.1. The van der Waals surface area contributed by atoms with E-state index in [0.717, 1.165) is 17.4 Å². The van der Waals surface area contributed by atoms with Crippen molar-refractivity contribution in [2.45, 2.75) is 26.2 Å². The highest BCUT2D eigenvalue weighted by atomic mass is 32.2. The predicted octanol–water partition coefficient (Wildman–Crippen LogP) is 3.99. The maximum Gasteiger partial charge on any atom is 0.258 e. The molecule has 32 heavy (non-hydrogen) atoms. The van der Waals surface area contributed by atoms with Crippen LogP contribution in [0.15, 0.2) is 65.6 Å². The highest BCUT2D eigenvalue weighted by molar-refractivity contribution is 7.92. The normalized spacial score (nSPS) is 11.8. The van der Waals surface area contributed by atoms with Crippen LogP contribution in [0.25, 0.3) is 11.1 Å². The van der Waals surface area contributed by atoms with Gasteiger partial charge in [-0.2, -0.15) is 0 Å². The van der Waals surface area contributed by atoms with Gasteiger partial charge in [-0.25, -0.2) is 8.42 Å². The molecule has 2 N–H and O–H groups in total. The molecule has 1 amide bonds. The van der Waals surface area contributed by atoms with Crippen LogP contribution in [0.4, 0.5) is 11.4 Å². The molecule has 0 saturated carbocycles. The lowest BCUT2D eigenvalue weighted by atomic mass is 9.85. The molecule has 168 valence electrons. The van der Waals surface area contributed by atoms with Gasteiger partial charge < -0.3 is 9.88 Å². The number of nitrogens with zero attached hydrogens (tertiary/aromatic N) is 1. The first kappa shape index (κ1) is 23.3. The van der Waals surface area contributed by atoms with Gasteiger partial charge in [-0.1, -0.05) is 26.8 Å². The average Bonchev–Trinajstić information content (AvgIpc) is 2.71. The second kappa shape index (κ2) is 8.63. The summed E-state index contributed by atoms with van der Waals surface area (Å²) >= 11 is 0. The first-order valence-corrected chi connectivity index (χ1v) is 11.9. The number of benzene rings is 2. The first-order chi connectivity index (χ1) is 14.8. The van der Waals surface area contributed by atoms with Crippen molar-refractivity contribution in [2.24, 2.45) is 0 Å². The Bertz CT molecular complexity index is 1300. The lowest BCUT2D eigenvalue weighted by Crippen LogP contribution is -2.27. The van der Waals surface area contributed by atoms with E-state index in [0.29, 0.717) is 22.5 Å². The minimum absolute atomic E-state index is 0.199. The van der Waals surface area contributed by atoms with Crippen molar-refractivity contribution in [3.8, 4) is 11.1 Å². The second-order valence-electron chi connectivity index (χ2n) is 8.75. The Morgan fingerprint density at radius 2 is 1.69 bits per heavy atom. The molecule has 0 radical (unpaired) electrons. The molecule has 0 bridgehead atoms. The van der Waals surface area contributed by atoms with Crippen molar-refractivity contribution in [1.82, 2.24) is 4.98 Å². The van der Waals surface area contributed by atoms with E-state index >= 15 is 0 Å². The summed E-state index contributed by atoms with van der Waals surface area (Å²) < 4.78 is 25.2. The van der Waals surface area contributed by atoms with Gasteiger partial charge in [0.1, 0.15) is 0 Å². The van der Waals surface area contributed by atoms with E-state index < -0.39 is 10.0 Å². The molecule has 0 aliphatic carbocycles. The molecule has 0 aliphatic rings. The van der Waals surface area contributed by atoms with Crippen LogP contribution in [0, 0.1) is 0 Å². The summed E-state index contributed by atoms with van der Waals surface area (Å²) in [7, 11) is -1.72. The van der Waals surface area contributed by atoms with Crippen LogP contribution in [0.3, 0.4) is 0 Å². The molecule has 7 nitrogen and oxygen atoms in total. The molecule has 0 fully saturated rings. The number of hydrogen-bond donors (Lipinski definition) is 2. The quantitative estimate of drug-likeness (QED) is 0.610. The lowest BCUT2D eigenvalue weighted by molar-refractivity contribution is 0.0993. The molecule has 0 atom stereocenters. The lowest BCUT2D eigenvalue weighted by Gasteiger charge is -2.25. The largest absolute Gasteiger partial charge is 0.329 e. The van der Waals surface area contributed by atoms with Crippen LogP contribution in [0.2, 0.25) is 0 Å². The predicted molar refractivity (Wildman–Crippen MR) is 129 cm³/mol. The number of rotatable bonds is 5. The minimum Gasteiger partial charge on any atom is -0.329 e. The number of anilines is 2. The summed E-state index contributed by atoms with van der Waals surface area (Å²) in [6, 6.07) is 15.5. The maximum absolute atomic E-state index is 13.1. The molecule has 0 saturated heterocycles. The van der Waals surface area contributed by atoms with Crippen molar-refractivity contribution in [3.63, 3.8) is 0 Å². The number of aromatic amines is 1. The van der Waals surface area contributed by atoms with E-state index in [-0.39, 0.29) is 16.9 Å². The SMILES string of the molecule is CN(C(=O)c1ccc(NS(C)(=O)=O)cc1)c1cc(-c2ccc[nH]c2=O)cc(C(C)(C)C)c1. The van der Waals surface area contributed by atoms with Gasteiger partial charge in [-0.15, -0.1) is 0 Å². The van der Waals surface area contributed by atoms with E-state index in [1.165, 1.54) is 4.90 Å². The fourth-order valence-corrected chi connectivity index (χ4v) is 3.81. The summed E-state index contributed by atoms with van der Waals surface area (Å²) in [6.07, 6.45) is 2.65. The molecule has 0 spiro atoms. The van der Waals surface area contributed by atoms with E-state index in [4.69, 9.17) is 0 Å². The van der Waals surface area contributed by atoms with Gasteiger partial charge in [0.25, 0.3) is 11.5 Å². The fourth-order valence-electron chi connectivity index (χ4n) is 3.25. The van der Waals surface area contributed by atoms with Gasteiger partial charge in [-0.05, 0) is 65.1 Å². The van der Waals surface area contributed by atoms with Gasteiger partial charge in [-0.3, -0.25) is 14.3 Å². The number of amides is 1. The monoisotopic (exact) mass is 453 g/mol. The summed E-state index contributed by atoms with van der Waals surface area (Å²) in [5.41, 5.74) is 3.28. The van der Waals surface area contributed by atoms with Gasteiger partial charge >= 0.3 is 0 Å². The van der Waals surface area contributed by atoms with Crippen LogP contribution in [0.1, 0.15) is 36.7 Å². The fraction of sp³-hybridized carbons (Fsp3) is 0.250. The van der Waals surface area contributed by atoms with Crippen molar-refractivity contribution in [1.29, 1.82) is 0 Å². The number of carbonyl (C=O) groups excluding carboxylic acids is 1. The molecule has 8 heteroatoms. The van der Waals surface area contributed by atoms with Crippen LogP contribution in [0.5, 0.6) is 0 Å². The van der Waals surface area contributed by atoms with Crippen molar-refractivity contribution in [2.75, 3.05) is 22.9 Å². The highest BCUT2D eigenvalue weighted by Crippen LogP contribution is 2.32. The number of carbonyl (C=O) groups is 1. The van der Waals surface area contributed by atoms with Crippen molar-refractivity contribution < 1.29 is 13.2 Å². The summed E-state index contributed by atoms with van der Waals surface area (Å²) in [6.45, 7) is 6.21. The zero-order valence-corrected chi connectivity index (χ0v) is 19.6. The minimum atomic E-state index is -3.40. The molecule has 1 aromatic heterocycles. The standard InChI is InChI=1S/C24H27N3O4S/c1-24(2,3)18-13-17(21-7-6-12-25-22(21)28)14-20(15-18)27(4)23(29)16-8-10-19(11-9-16)26-32(5,30)31/h6-15,26H,1-5H3,(H,25,28). The molecular weight excluding hydrogens is 426 g/mol. The van der Waals surface area contributed by atoms with Crippen LogP contribution in [-0.2, 0) is 15.4 Å². The molecule has 2 aromatic carbocycles. The number of nitrogens with one attached hydrogen (secondary N) is 2. The van der Waals surface area contributed by atoms with Gasteiger partial charge in [0, 0.05) is 35.7 Å². The Morgan fingerprint density at radius 3 is 2.25 bits per heavy atom. The van der Waals surface area contributed by atoms with E-state index in [2.05, 4.69) is 30.5 Å². The highest BCUT2D eigenvalue weighted by Gasteiger charge is 2.20. The Labute approximate surface area is 188 Å².